The molecule has 0 fully saturated rings. The summed E-state index contributed by atoms with van der Waals surface area (Å²) in [5, 5.41) is 18.0. The van der Waals surface area contributed by atoms with E-state index in [0.29, 0.717) is 6.07 Å². The number of aliphatic carboxylic acids is 1. The minimum Gasteiger partial charge on any atom is -0.481 e. The van der Waals surface area contributed by atoms with Gasteiger partial charge in [0, 0.05) is 11.6 Å². The van der Waals surface area contributed by atoms with Gasteiger partial charge in [-0.2, -0.15) is 0 Å². The van der Waals surface area contributed by atoms with E-state index < -0.39 is 41.0 Å². The summed E-state index contributed by atoms with van der Waals surface area (Å²) in [6, 6.07) is 0.719. The van der Waals surface area contributed by atoms with Crippen molar-refractivity contribution < 1.29 is 28.2 Å². The van der Waals surface area contributed by atoms with E-state index in [1.165, 1.54) is 0 Å². The maximum Gasteiger partial charge on any atom is 0.309 e. The number of hydrogen-bond donors (Lipinski definition) is 2. The molecule has 0 heterocycles. The summed E-state index contributed by atoms with van der Waals surface area (Å²) in [7, 11) is 0. The molecule has 0 saturated heterocycles. The van der Waals surface area contributed by atoms with E-state index in [9.17, 15) is 23.1 Å². The third kappa shape index (κ3) is 2.33. The van der Waals surface area contributed by atoms with Crippen LogP contribution < -0.4 is 0 Å². The highest BCUT2D eigenvalue weighted by atomic mass is 19.2. The average Bonchev–Trinajstić information content (AvgIpc) is 2.21. The molecule has 16 heavy (non-hydrogen) atoms. The molecular weight excluding hydrogens is 225 g/mol. The number of carbonyl (C=O) groups is 1. The maximum atomic E-state index is 13.1. The van der Waals surface area contributed by atoms with Crippen molar-refractivity contribution in [2.45, 2.75) is 13.0 Å². The van der Waals surface area contributed by atoms with Crippen molar-refractivity contribution in [2.24, 2.45) is 5.92 Å². The zero-order valence-corrected chi connectivity index (χ0v) is 8.25. The van der Waals surface area contributed by atoms with E-state index >= 15 is 0 Å². The maximum absolute atomic E-state index is 13.1. The molecule has 6 heteroatoms. The lowest BCUT2D eigenvalue weighted by Gasteiger charge is -2.16. The molecule has 0 bridgehead atoms. The van der Waals surface area contributed by atoms with Gasteiger partial charge in [0.05, 0.1) is 12.0 Å². The third-order valence-corrected chi connectivity index (χ3v) is 2.22. The third-order valence-electron chi connectivity index (χ3n) is 2.22. The Bertz CT molecular complexity index is 420. The molecule has 2 N–H and O–H groups in total. The minimum absolute atomic E-state index is 0.266. The Morgan fingerprint density at radius 2 is 1.69 bits per heavy atom. The minimum atomic E-state index is -1.73. The van der Waals surface area contributed by atoms with E-state index in [0.717, 1.165) is 6.92 Å². The second-order valence-electron chi connectivity index (χ2n) is 3.36. The number of benzene rings is 1. The van der Waals surface area contributed by atoms with Gasteiger partial charge in [0.1, 0.15) is 5.82 Å². The molecule has 2 atom stereocenters. The molecular formula is C10H9F3O3. The quantitative estimate of drug-likeness (QED) is 0.785. The van der Waals surface area contributed by atoms with Crippen LogP contribution in [-0.4, -0.2) is 16.2 Å². The van der Waals surface area contributed by atoms with Crippen LogP contribution in [-0.2, 0) is 4.79 Å². The van der Waals surface area contributed by atoms with Crippen LogP contribution in [0.25, 0.3) is 0 Å². The van der Waals surface area contributed by atoms with Gasteiger partial charge in [0.2, 0.25) is 0 Å². The summed E-state index contributed by atoms with van der Waals surface area (Å²) in [6.45, 7) is 1.13. The average molecular weight is 234 g/mol. The molecule has 0 radical (unpaired) electrons. The van der Waals surface area contributed by atoms with Crippen molar-refractivity contribution in [3.8, 4) is 0 Å². The summed E-state index contributed by atoms with van der Waals surface area (Å²) < 4.78 is 38.5. The smallest absolute Gasteiger partial charge is 0.309 e. The monoisotopic (exact) mass is 234 g/mol. The molecule has 2 unspecified atom stereocenters. The summed E-state index contributed by atoms with van der Waals surface area (Å²) in [6.07, 6.45) is -1.73. The van der Waals surface area contributed by atoms with Crippen LogP contribution in [0.4, 0.5) is 13.2 Å². The molecule has 0 aliphatic rings. The van der Waals surface area contributed by atoms with Gasteiger partial charge in [0.15, 0.2) is 11.6 Å². The van der Waals surface area contributed by atoms with Crippen LogP contribution >= 0.6 is 0 Å². The fourth-order valence-electron chi connectivity index (χ4n) is 1.17. The Hall–Kier alpha value is -1.56. The highest BCUT2D eigenvalue weighted by Gasteiger charge is 2.26. The van der Waals surface area contributed by atoms with Crippen LogP contribution in [0.5, 0.6) is 0 Å². The number of aliphatic hydroxyl groups excluding tert-OH is 1. The van der Waals surface area contributed by atoms with Crippen molar-refractivity contribution >= 4 is 5.97 Å². The van der Waals surface area contributed by atoms with E-state index in [4.69, 9.17) is 5.11 Å². The second-order valence-corrected chi connectivity index (χ2v) is 3.36. The summed E-state index contributed by atoms with van der Waals surface area (Å²) in [4.78, 5) is 10.5. The van der Waals surface area contributed by atoms with Gasteiger partial charge in [-0.05, 0) is 13.0 Å². The highest BCUT2D eigenvalue weighted by Crippen LogP contribution is 2.26. The predicted molar refractivity (Wildman–Crippen MR) is 48.1 cm³/mol. The molecule has 1 rings (SSSR count). The molecule has 0 spiro atoms. The molecule has 0 amide bonds. The number of halogens is 3. The van der Waals surface area contributed by atoms with Gasteiger partial charge in [-0.15, -0.1) is 0 Å². The largest absolute Gasteiger partial charge is 0.481 e. The summed E-state index contributed by atoms with van der Waals surface area (Å²) in [5.41, 5.74) is -0.575. The molecule has 0 aromatic heterocycles. The van der Waals surface area contributed by atoms with Crippen LogP contribution in [0, 0.1) is 23.4 Å². The topological polar surface area (TPSA) is 57.5 Å². The van der Waals surface area contributed by atoms with Crippen molar-refractivity contribution in [3.63, 3.8) is 0 Å². The first-order chi connectivity index (χ1) is 7.34. The fraction of sp³-hybridized carbons (Fsp3) is 0.300. The number of aliphatic hydroxyl groups is 1. The van der Waals surface area contributed by atoms with Crippen molar-refractivity contribution in [1.29, 1.82) is 0 Å². The Balaban J connectivity index is 3.13. The molecule has 0 aliphatic carbocycles. The summed E-state index contributed by atoms with van der Waals surface area (Å²) >= 11 is 0. The molecule has 3 nitrogen and oxygen atoms in total. The number of hydrogen-bond acceptors (Lipinski definition) is 2. The van der Waals surface area contributed by atoms with Gasteiger partial charge in [-0.3, -0.25) is 4.79 Å². The molecule has 0 saturated carbocycles. The zero-order chi connectivity index (χ0) is 12.5. The Morgan fingerprint density at radius 1 is 1.19 bits per heavy atom. The number of rotatable bonds is 3. The Labute approximate surface area is 89.1 Å². The highest BCUT2D eigenvalue weighted by molar-refractivity contribution is 5.70. The first-order valence-electron chi connectivity index (χ1n) is 4.40. The lowest BCUT2D eigenvalue weighted by Crippen LogP contribution is -2.20. The van der Waals surface area contributed by atoms with Crippen molar-refractivity contribution in [3.05, 3.63) is 35.1 Å². The summed E-state index contributed by atoms with van der Waals surface area (Å²) in [5.74, 6) is -6.60. The normalized spacial score (nSPS) is 14.6. The standard InChI is InChI=1S/C10H9F3O3/c1-4(10(15)16)9(14)5-2-7(12)8(13)3-6(5)11/h2-4,9,14H,1H3,(H,15,16). The van der Waals surface area contributed by atoms with Crippen LogP contribution in [0.15, 0.2) is 12.1 Å². The SMILES string of the molecule is CC(C(=O)O)C(O)c1cc(F)c(F)cc1F. The van der Waals surface area contributed by atoms with Gasteiger partial charge in [-0.1, -0.05) is 0 Å². The van der Waals surface area contributed by atoms with Gasteiger partial charge < -0.3 is 10.2 Å². The zero-order valence-electron chi connectivity index (χ0n) is 8.25. The number of carboxylic acid groups (broad SMARTS) is 1. The van der Waals surface area contributed by atoms with Crippen molar-refractivity contribution in [2.75, 3.05) is 0 Å². The van der Waals surface area contributed by atoms with Crippen LogP contribution in [0.3, 0.4) is 0 Å². The lowest BCUT2D eigenvalue weighted by atomic mass is 9.97. The fourth-order valence-corrected chi connectivity index (χ4v) is 1.17. The Kier molecular flexibility index (Phi) is 3.54. The molecule has 1 aromatic carbocycles. The van der Waals surface area contributed by atoms with Crippen molar-refractivity contribution in [1.82, 2.24) is 0 Å². The van der Waals surface area contributed by atoms with E-state index in [-0.39, 0.29) is 6.07 Å². The molecule has 88 valence electrons. The van der Waals surface area contributed by atoms with E-state index in [1.807, 2.05) is 0 Å². The number of carboxylic acids is 1. The predicted octanol–water partition coefficient (Wildman–Crippen LogP) is 1.86. The lowest BCUT2D eigenvalue weighted by molar-refractivity contribution is -0.145. The second kappa shape index (κ2) is 4.52. The van der Waals surface area contributed by atoms with Gasteiger partial charge in [-0.25, -0.2) is 13.2 Å². The van der Waals surface area contributed by atoms with Gasteiger partial charge in [0.25, 0.3) is 0 Å². The first-order valence-corrected chi connectivity index (χ1v) is 4.40. The van der Waals surface area contributed by atoms with Crippen LogP contribution in [0.1, 0.15) is 18.6 Å². The van der Waals surface area contributed by atoms with E-state index in [1.54, 1.807) is 0 Å². The Morgan fingerprint density at radius 3 is 2.19 bits per heavy atom. The van der Waals surface area contributed by atoms with E-state index in [2.05, 4.69) is 0 Å². The van der Waals surface area contributed by atoms with Gasteiger partial charge >= 0.3 is 5.97 Å². The molecule has 0 aliphatic heterocycles. The first kappa shape index (κ1) is 12.5. The molecule has 1 aromatic rings. The van der Waals surface area contributed by atoms with Crippen LogP contribution in [0.2, 0.25) is 0 Å².